The highest BCUT2D eigenvalue weighted by Gasteiger charge is 2.15. The fourth-order valence-electron chi connectivity index (χ4n) is 1.58. The van der Waals surface area contributed by atoms with Gasteiger partial charge >= 0.3 is 0 Å². The molecule has 4 N–H and O–H groups in total. The number of oxime groups is 1. The topological polar surface area (TPSA) is 115 Å². The number of carbonyl (C=O) groups is 1. The monoisotopic (exact) mass is 297 g/mol. The predicted octanol–water partition coefficient (Wildman–Crippen LogP) is 0.391. The first-order valence-corrected chi connectivity index (χ1v) is 6.15. The van der Waals surface area contributed by atoms with Gasteiger partial charge in [-0.25, -0.2) is 0 Å². The van der Waals surface area contributed by atoms with E-state index in [2.05, 4.69) is 10.5 Å². The molecule has 1 amide bonds. The molecule has 0 aliphatic rings. The third-order valence-corrected chi connectivity index (χ3v) is 2.56. The van der Waals surface area contributed by atoms with Crippen LogP contribution in [0.4, 0.5) is 5.69 Å². The van der Waals surface area contributed by atoms with Crippen LogP contribution >= 0.6 is 0 Å². The Kier molecular flexibility index (Phi) is 6.99. The molecule has 0 atom stereocenters. The standard InChI is InChI=1S/C13H19N3O5/c1-19-6-7-21-8-11(17)15-12-9(13(14)16-18)4-3-5-10(12)20-2/h3-5,18H,6-8H2,1-2H3,(H2,14,16)(H,15,17). The Labute approximate surface area is 122 Å². The molecule has 116 valence electrons. The van der Waals surface area contributed by atoms with Gasteiger partial charge in [-0.1, -0.05) is 11.2 Å². The number of para-hydroxylation sites is 1. The summed E-state index contributed by atoms with van der Waals surface area (Å²) < 4.78 is 15.1. The zero-order chi connectivity index (χ0) is 15.7. The van der Waals surface area contributed by atoms with Gasteiger partial charge in [0.1, 0.15) is 12.4 Å². The number of rotatable bonds is 8. The highest BCUT2D eigenvalue weighted by molar-refractivity contribution is 6.07. The van der Waals surface area contributed by atoms with Crippen molar-refractivity contribution < 1.29 is 24.2 Å². The van der Waals surface area contributed by atoms with Crippen molar-refractivity contribution in [2.75, 3.05) is 39.4 Å². The van der Waals surface area contributed by atoms with Gasteiger partial charge in [0.05, 0.1) is 26.0 Å². The number of nitrogens with zero attached hydrogens (tertiary/aromatic N) is 1. The zero-order valence-electron chi connectivity index (χ0n) is 12.0. The van der Waals surface area contributed by atoms with Crippen molar-refractivity contribution in [1.82, 2.24) is 0 Å². The van der Waals surface area contributed by atoms with Crippen molar-refractivity contribution in [3.63, 3.8) is 0 Å². The number of hydrogen-bond donors (Lipinski definition) is 3. The molecule has 0 unspecified atom stereocenters. The maximum Gasteiger partial charge on any atom is 0.250 e. The average molecular weight is 297 g/mol. The van der Waals surface area contributed by atoms with Crippen molar-refractivity contribution in [3.05, 3.63) is 23.8 Å². The fraction of sp³-hybridized carbons (Fsp3) is 0.385. The number of amidine groups is 1. The summed E-state index contributed by atoms with van der Waals surface area (Å²) in [7, 11) is 3.00. The third-order valence-electron chi connectivity index (χ3n) is 2.56. The van der Waals surface area contributed by atoms with Crippen LogP contribution in [0.2, 0.25) is 0 Å². The number of hydrogen-bond acceptors (Lipinski definition) is 6. The normalized spacial score (nSPS) is 11.2. The van der Waals surface area contributed by atoms with Crippen molar-refractivity contribution in [2.45, 2.75) is 0 Å². The Hall–Kier alpha value is -2.32. The molecule has 0 heterocycles. The van der Waals surface area contributed by atoms with E-state index in [1.54, 1.807) is 25.3 Å². The molecular formula is C13H19N3O5. The van der Waals surface area contributed by atoms with E-state index in [-0.39, 0.29) is 18.3 Å². The third kappa shape index (κ3) is 4.93. The van der Waals surface area contributed by atoms with Gasteiger partial charge < -0.3 is 30.5 Å². The van der Waals surface area contributed by atoms with E-state index in [9.17, 15) is 4.79 Å². The molecule has 1 aromatic carbocycles. The number of nitrogens with two attached hydrogens (primary N) is 1. The molecule has 21 heavy (non-hydrogen) atoms. The molecule has 0 aliphatic carbocycles. The van der Waals surface area contributed by atoms with Crippen molar-refractivity contribution >= 4 is 17.4 Å². The van der Waals surface area contributed by atoms with E-state index >= 15 is 0 Å². The Morgan fingerprint density at radius 2 is 2.14 bits per heavy atom. The van der Waals surface area contributed by atoms with E-state index < -0.39 is 0 Å². The minimum absolute atomic E-state index is 0.135. The smallest absolute Gasteiger partial charge is 0.250 e. The minimum atomic E-state index is -0.386. The van der Waals surface area contributed by atoms with Crippen LogP contribution in [0.1, 0.15) is 5.56 Å². The summed E-state index contributed by atoms with van der Waals surface area (Å²) in [4.78, 5) is 11.8. The van der Waals surface area contributed by atoms with Crippen LogP contribution in [-0.4, -0.2) is 51.0 Å². The molecule has 0 fully saturated rings. The first-order valence-electron chi connectivity index (χ1n) is 6.15. The highest BCUT2D eigenvalue weighted by atomic mass is 16.5. The number of amides is 1. The molecule has 8 nitrogen and oxygen atoms in total. The van der Waals surface area contributed by atoms with Crippen LogP contribution in [0, 0.1) is 0 Å². The van der Waals surface area contributed by atoms with Gasteiger partial charge in [0.25, 0.3) is 0 Å². The molecule has 0 aromatic heterocycles. The second-order valence-electron chi connectivity index (χ2n) is 3.96. The second-order valence-corrected chi connectivity index (χ2v) is 3.96. The maximum absolute atomic E-state index is 11.8. The lowest BCUT2D eigenvalue weighted by atomic mass is 10.1. The van der Waals surface area contributed by atoms with Gasteiger partial charge in [0, 0.05) is 12.7 Å². The van der Waals surface area contributed by atoms with Gasteiger partial charge in [-0.2, -0.15) is 0 Å². The van der Waals surface area contributed by atoms with E-state index in [4.69, 9.17) is 25.2 Å². The quantitative estimate of drug-likeness (QED) is 0.210. The average Bonchev–Trinajstić information content (AvgIpc) is 2.51. The predicted molar refractivity (Wildman–Crippen MR) is 76.8 cm³/mol. The lowest BCUT2D eigenvalue weighted by Crippen LogP contribution is -2.23. The molecule has 1 rings (SSSR count). The van der Waals surface area contributed by atoms with Crippen molar-refractivity contribution in [3.8, 4) is 5.75 Å². The minimum Gasteiger partial charge on any atom is -0.495 e. The van der Waals surface area contributed by atoms with E-state index in [1.165, 1.54) is 7.11 Å². The van der Waals surface area contributed by atoms with Gasteiger partial charge in [-0.15, -0.1) is 0 Å². The largest absolute Gasteiger partial charge is 0.495 e. The van der Waals surface area contributed by atoms with Gasteiger partial charge in [0.2, 0.25) is 5.91 Å². The van der Waals surface area contributed by atoms with Crippen LogP contribution < -0.4 is 15.8 Å². The molecule has 8 heteroatoms. The lowest BCUT2D eigenvalue weighted by Gasteiger charge is -2.14. The van der Waals surface area contributed by atoms with Crippen LogP contribution in [0.3, 0.4) is 0 Å². The summed E-state index contributed by atoms with van der Waals surface area (Å²) in [6.45, 7) is 0.567. The number of anilines is 1. The second kappa shape index (κ2) is 8.77. The number of benzene rings is 1. The fourth-order valence-corrected chi connectivity index (χ4v) is 1.58. The van der Waals surface area contributed by atoms with Gasteiger partial charge in [-0.05, 0) is 12.1 Å². The Balaban J connectivity index is 2.83. The summed E-state index contributed by atoms with van der Waals surface area (Å²) in [5, 5.41) is 14.3. The van der Waals surface area contributed by atoms with Gasteiger partial charge in [0.15, 0.2) is 5.84 Å². The number of nitrogens with one attached hydrogen (secondary N) is 1. The Morgan fingerprint density at radius 1 is 1.38 bits per heavy atom. The molecule has 1 aromatic rings. The SMILES string of the molecule is COCCOCC(=O)Nc1c(OC)cccc1/C(N)=N/O. The maximum atomic E-state index is 11.8. The van der Waals surface area contributed by atoms with Crippen LogP contribution in [0.15, 0.2) is 23.4 Å². The first-order chi connectivity index (χ1) is 10.1. The summed E-state index contributed by atoms with van der Waals surface area (Å²) in [6, 6.07) is 4.91. The van der Waals surface area contributed by atoms with Crippen LogP contribution in [0.5, 0.6) is 5.75 Å². The molecule has 0 aliphatic heterocycles. The summed E-state index contributed by atoms with van der Waals surface area (Å²) in [5.74, 6) is -0.128. The van der Waals surface area contributed by atoms with Crippen molar-refractivity contribution in [1.29, 1.82) is 0 Å². The summed E-state index contributed by atoms with van der Waals surface area (Å²) in [5.41, 5.74) is 6.24. The van der Waals surface area contributed by atoms with Gasteiger partial charge in [-0.3, -0.25) is 4.79 Å². The first kappa shape index (κ1) is 16.7. The summed E-state index contributed by atoms with van der Waals surface area (Å²) in [6.07, 6.45) is 0. The molecular weight excluding hydrogens is 278 g/mol. The Bertz CT molecular complexity index is 505. The molecule has 0 bridgehead atoms. The highest BCUT2D eigenvalue weighted by Crippen LogP contribution is 2.28. The lowest BCUT2D eigenvalue weighted by molar-refractivity contribution is -0.121. The summed E-state index contributed by atoms with van der Waals surface area (Å²) >= 11 is 0. The van der Waals surface area contributed by atoms with Crippen molar-refractivity contribution in [2.24, 2.45) is 10.9 Å². The van der Waals surface area contributed by atoms with Crippen LogP contribution in [-0.2, 0) is 14.3 Å². The molecule has 0 saturated carbocycles. The number of ether oxygens (including phenoxy) is 3. The number of methoxy groups -OCH3 is 2. The molecule has 0 saturated heterocycles. The van der Waals surface area contributed by atoms with E-state index in [0.29, 0.717) is 30.2 Å². The molecule has 0 spiro atoms. The Morgan fingerprint density at radius 3 is 2.76 bits per heavy atom. The number of carbonyl (C=O) groups excluding carboxylic acids is 1. The molecule has 0 radical (unpaired) electrons. The zero-order valence-corrected chi connectivity index (χ0v) is 12.0. The van der Waals surface area contributed by atoms with E-state index in [0.717, 1.165) is 0 Å². The van der Waals surface area contributed by atoms with Crippen LogP contribution in [0.25, 0.3) is 0 Å². The van der Waals surface area contributed by atoms with E-state index in [1.807, 2.05) is 0 Å².